The number of ether oxygens (including phenoxy) is 2. The topological polar surface area (TPSA) is 164 Å². The van der Waals surface area contributed by atoms with Crippen molar-refractivity contribution in [2.24, 2.45) is 0 Å². The second-order valence-electron chi connectivity index (χ2n) is 11.1. The molecule has 2 aromatic heterocycles. The molecular formula is C31H39N7O5. The Kier molecular flexibility index (Phi) is 9.00. The Morgan fingerprint density at radius 2 is 1.81 bits per heavy atom. The standard InChI is InChI=1S/C31H39N7O5/c32-28-25-29(35-19-34-28)38(30-27(41)26(40)24(18-39)43-30)31(36-25)33-17-20-8-10-21(11-9-20)22-6-4-7-23(16-22)42-15-5-14-37-12-2-1-3-13-37/h4,6-11,16,19,24,26-27,30,39-41H,1-3,5,12-15,17-18H2,(H,33,36)(H2,32,34,35)/t24-,26-,27-,30-/m1/s1. The zero-order valence-corrected chi connectivity index (χ0v) is 24.0. The Hall–Kier alpha value is -3.81. The third-order valence-electron chi connectivity index (χ3n) is 8.18. The van der Waals surface area contributed by atoms with Crippen LogP contribution in [0.2, 0.25) is 0 Å². The minimum Gasteiger partial charge on any atom is -0.494 e. The van der Waals surface area contributed by atoms with Gasteiger partial charge in [-0.1, -0.05) is 42.8 Å². The van der Waals surface area contributed by atoms with Gasteiger partial charge in [0.25, 0.3) is 0 Å². The molecule has 4 heterocycles. The fraction of sp³-hybridized carbons (Fsp3) is 0.452. The second kappa shape index (κ2) is 13.2. The van der Waals surface area contributed by atoms with Gasteiger partial charge in [0.05, 0.1) is 13.2 Å². The molecular weight excluding hydrogens is 550 g/mol. The van der Waals surface area contributed by atoms with Gasteiger partial charge in [-0.3, -0.25) is 4.57 Å². The minimum atomic E-state index is -1.31. The lowest BCUT2D eigenvalue weighted by atomic mass is 10.0. The molecule has 0 amide bonds. The van der Waals surface area contributed by atoms with Crippen molar-refractivity contribution < 1.29 is 24.8 Å². The molecule has 0 unspecified atom stereocenters. The number of benzene rings is 2. The van der Waals surface area contributed by atoms with E-state index in [-0.39, 0.29) is 5.82 Å². The van der Waals surface area contributed by atoms with Crippen molar-refractivity contribution in [3.05, 3.63) is 60.4 Å². The van der Waals surface area contributed by atoms with Crippen LogP contribution in [0.15, 0.2) is 54.9 Å². The summed E-state index contributed by atoms with van der Waals surface area (Å²) in [7, 11) is 0. The Morgan fingerprint density at radius 1 is 1.00 bits per heavy atom. The van der Waals surface area contributed by atoms with Crippen molar-refractivity contribution in [2.75, 3.05) is 43.9 Å². The maximum Gasteiger partial charge on any atom is 0.207 e. The van der Waals surface area contributed by atoms with Crippen LogP contribution in [0.5, 0.6) is 5.75 Å². The summed E-state index contributed by atoms with van der Waals surface area (Å²) in [5.74, 6) is 1.38. The second-order valence-corrected chi connectivity index (χ2v) is 11.1. The molecule has 43 heavy (non-hydrogen) atoms. The maximum absolute atomic E-state index is 10.7. The van der Waals surface area contributed by atoms with Gasteiger partial charge in [-0.15, -0.1) is 0 Å². The molecule has 2 aliphatic rings. The van der Waals surface area contributed by atoms with Crippen molar-refractivity contribution in [1.82, 2.24) is 24.4 Å². The Morgan fingerprint density at radius 3 is 2.58 bits per heavy atom. The van der Waals surface area contributed by atoms with Crippen LogP contribution in [0, 0.1) is 0 Å². The fourth-order valence-corrected chi connectivity index (χ4v) is 5.81. The Bertz CT molecular complexity index is 1510. The quantitative estimate of drug-likeness (QED) is 0.163. The first-order chi connectivity index (χ1) is 21.0. The van der Waals surface area contributed by atoms with Crippen LogP contribution in [0.1, 0.15) is 37.5 Å². The summed E-state index contributed by atoms with van der Waals surface area (Å²) >= 11 is 0. The number of nitrogen functional groups attached to an aromatic ring is 1. The van der Waals surface area contributed by atoms with Gasteiger partial charge in [0.1, 0.15) is 30.4 Å². The van der Waals surface area contributed by atoms with Crippen LogP contribution in [-0.2, 0) is 11.3 Å². The lowest BCUT2D eigenvalue weighted by Gasteiger charge is -2.26. The third kappa shape index (κ3) is 6.43. The number of likely N-dealkylation sites (tertiary alicyclic amines) is 1. The number of aromatic nitrogens is 4. The van der Waals surface area contributed by atoms with E-state index in [1.54, 1.807) is 4.57 Å². The Balaban J connectivity index is 1.11. The molecule has 228 valence electrons. The molecule has 12 nitrogen and oxygen atoms in total. The predicted molar refractivity (Wildman–Crippen MR) is 162 cm³/mol. The summed E-state index contributed by atoms with van der Waals surface area (Å²) in [6, 6.07) is 16.3. The van der Waals surface area contributed by atoms with Crippen LogP contribution >= 0.6 is 0 Å². The number of fused-ring (bicyclic) bond motifs is 1. The molecule has 2 saturated heterocycles. The zero-order chi connectivity index (χ0) is 29.8. The molecule has 4 atom stereocenters. The number of hydrogen-bond donors (Lipinski definition) is 5. The molecule has 6 rings (SSSR count). The number of anilines is 2. The predicted octanol–water partition coefficient (Wildman–Crippen LogP) is 2.55. The molecule has 12 heteroatoms. The monoisotopic (exact) mass is 589 g/mol. The van der Waals surface area contributed by atoms with E-state index in [2.05, 4.69) is 49.4 Å². The SMILES string of the molecule is Nc1ncnc2c1nc(NCc1ccc(-c3cccc(OCCCN4CCCCC4)c3)cc1)n2[C@@H]1O[C@H](CO)[C@@H](O)[C@H]1O. The van der Waals surface area contributed by atoms with Crippen LogP contribution in [-0.4, -0.2) is 90.9 Å². The molecule has 0 radical (unpaired) electrons. The van der Waals surface area contributed by atoms with Crippen molar-refractivity contribution in [3.63, 3.8) is 0 Å². The fourth-order valence-electron chi connectivity index (χ4n) is 5.81. The van der Waals surface area contributed by atoms with Crippen LogP contribution in [0.4, 0.5) is 11.8 Å². The first-order valence-corrected chi connectivity index (χ1v) is 14.9. The van der Waals surface area contributed by atoms with Gasteiger partial charge in [0.2, 0.25) is 5.95 Å². The largest absolute Gasteiger partial charge is 0.494 e. The maximum atomic E-state index is 10.7. The number of rotatable bonds is 11. The highest BCUT2D eigenvalue weighted by atomic mass is 16.6. The normalized spacial score (nSPS) is 22.7. The van der Waals surface area contributed by atoms with E-state index in [1.807, 2.05) is 24.3 Å². The summed E-state index contributed by atoms with van der Waals surface area (Å²) in [5.41, 5.74) is 9.87. The number of nitrogens with two attached hydrogens (primary N) is 1. The highest BCUT2D eigenvalue weighted by molar-refractivity contribution is 5.84. The van der Waals surface area contributed by atoms with Crippen molar-refractivity contribution in [1.29, 1.82) is 0 Å². The van der Waals surface area contributed by atoms with E-state index in [0.29, 0.717) is 30.3 Å². The molecule has 2 aromatic carbocycles. The van der Waals surface area contributed by atoms with E-state index < -0.39 is 31.1 Å². The molecule has 0 aliphatic carbocycles. The summed E-state index contributed by atoms with van der Waals surface area (Å²) in [5, 5.41) is 33.9. The van der Waals surface area contributed by atoms with Crippen molar-refractivity contribution >= 4 is 22.9 Å². The summed E-state index contributed by atoms with van der Waals surface area (Å²) < 4.78 is 13.4. The van der Waals surface area contributed by atoms with Crippen LogP contribution < -0.4 is 15.8 Å². The van der Waals surface area contributed by atoms with Gasteiger partial charge in [-0.05, 0) is 61.2 Å². The number of aliphatic hydroxyl groups is 3. The third-order valence-corrected chi connectivity index (χ3v) is 8.18. The van der Waals surface area contributed by atoms with Gasteiger partial charge in [-0.2, -0.15) is 0 Å². The minimum absolute atomic E-state index is 0.177. The van der Waals surface area contributed by atoms with Crippen molar-refractivity contribution in [3.8, 4) is 16.9 Å². The van der Waals surface area contributed by atoms with E-state index in [1.165, 1.54) is 38.7 Å². The van der Waals surface area contributed by atoms with Gasteiger partial charge < -0.3 is 40.7 Å². The van der Waals surface area contributed by atoms with E-state index in [4.69, 9.17) is 15.2 Å². The molecule has 0 bridgehead atoms. The summed E-state index contributed by atoms with van der Waals surface area (Å²) in [4.78, 5) is 15.4. The number of nitrogens with one attached hydrogen (secondary N) is 1. The van der Waals surface area contributed by atoms with Gasteiger partial charge in [-0.25, -0.2) is 15.0 Å². The first kappa shape index (κ1) is 29.3. The van der Waals surface area contributed by atoms with Crippen LogP contribution in [0.3, 0.4) is 0 Å². The molecule has 0 spiro atoms. The highest BCUT2D eigenvalue weighted by Gasteiger charge is 2.45. The smallest absolute Gasteiger partial charge is 0.207 e. The number of aliphatic hydroxyl groups excluding tert-OH is 3. The first-order valence-electron chi connectivity index (χ1n) is 14.9. The van der Waals surface area contributed by atoms with Crippen molar-refractivity contribution in [2.45, 2.75) is 56.8 Å². The lowest BCUT2D eigenvalue weighted by molar-refractivity contribution is -0.0501. The van der Waals surface area contributed by atoms with Gasteiger partial charge >= 0.3 is 0 Å². The highest BCUT2D eigenvalue weighted by Crippen LogP contribution is 2.35. The molecule has 2 aliphatic heterocycles. The summed E-state index contributed by atoms with van der Waals surface area (Å²) in [6.07, 6.45) is 1.73. The van der Waals surface area contributed by atoms with E-state index >= 15 is 0 Å². The van der Waals surface area contributed by atoms with Gasteiger partial charge in [0.15, 0.2) is 23.2 Å². The van der Waals surface area contributed by atoms with Crippen LogP contribution in [0.25, 0.3) is 22.3 Å². The van der Waals surface area contributed by atoms with Gasteiger partial charge in [0, 0.05) is 13.1 Å². The number of nitrogens with zero attached hydrogens (tertiary/aromatic N) is 5. The lowest BCUT2D eigenvalue weighted by Crippen LogP contribution is -2.33. The zero-order valence-electron chi connectivity index (χ0n) is 24.0. The molecule has 2 fully saturated rings. The number of piperidine rings is 1. The number of hydrogen-bond acceptors (Lipinski definition) is 11. The average molecular weight is 590 g/mol. The number of imidazole rings is 1. The summed E-state index contributed by atoms with van der Waals surface area (Å²) in [6.45, 7) is 4.17. The molecule has 0 saturated carbocycles. The average Bonchev–Trinajstić information content (AvgIpc) is 3.55. The molecule has 6 N–H and O–H groups in total. The molecule has 4 aromatic rings. The van der Waals surface area contributed by atoms with E-state index in [9.17, 15) is 15.3 Å². The van der Waals surface area contributed by atoms with E-state index in [0.717, 1.165) is 35.4 Å². The Labute approximate surface area is 250 Å².